The molecule has 112 valence electrons. The molecule has 1 atom stereocenters. The van der Waals surface area contributed by atoms with Crippen molar-refractivity contribution in [2.75, 3.05) is 0 Å². The number of benzene rings is 2. The van der Waals surface area contributed by atoms with Gasteiger partial charge in [0.25, 0.3) is 0 Å². The van der Waals surface area contributed by atoms with Gasteiger partial charge in [0.1, 0.15) is 5.82 Å². The molecule has 2 aromatic rings. The summed E-state index contributed by atoms with van der Waals surface area (Å²) in [6.45, 7) is 4.16. The lowest BCUT2D eigenvalue weighted by Crippen LogP contribution is -2.38. The number of nitrogens with two attached hydrogens (primary N) is 1. The Kier molecular flexibility index (Phi) is 5.51. The average Bonchev–Trinajstić information content (AvgIpc) is 2.45. The lowest BCUT2D eigenvalue weighted by atomic mass is 9.95. The number of halogens is 2. The van der Waals surface area contributed by atoms with E-state index in [1.165, 1.54) is 22.8 Å². The Balaban J connectivity index is 2.16. The number of hydrogen-bond acceptors (Lipinski definition) is 2. The molecule has 4 heteroatoms. The molecule has 3 N–H and O–H groups in total. The maximum absolute atomic E-state index is 13.9. The van der Waals surface area contributed by atoms with Gasteiger partial charge in [0.15, 0.2) is 0 Å². The van der Waals surface area contributed by atoms with E-state index in [9.17, 15) is 4.39 Å². The van der Waals surface area contributed by atoms with Crippen LogP contribution in [0.15, 0.2) is 40.9 Å². The van der Waals surface area contributed by atoms with Crippen LogP contribution in [0.4, 0.5) is 4.39 Å². The fraction of sp³-hybridized carbons (Fsp3) is 0.294. The molecule has 0 amide bonds. The molecular weight excluding hydrogens is 331 g/mol. The van der Waals surface area contributed by atoms with Crippen LogP contribution < -0.4 is 11.3 Å². The number of nitrogens with one attached hydrogen (secondary N) is 1. The zero-order valence-electron chi connectivity index (χ0n) is 12.3. The molecule has 21 heavy (non-hydrogen) atoms. The van der Waals surface area contributed by atoms with Gasteiger partial charge in [-0.1, -0.05) is 39.7 Å². The van der Waals surface area contributed by atoms with Gasteiger partial charge in [-0.3, -0.25) is 11.3 Å². The first-order valence-corrected chi connectivity index (χ1v) is 7.75. The zero-order valence-corrected chi connectivity index (χ0v) is 13.9. The molecule has 0 radical (unpaired) electrons. The molecule has 1 unspecified atom stereocenters. The predicted octanol–water partition coefficient (Wildman–Crippen LogP) is 3.82. The van der Waals surface area contributed by atoms with Crippen LogP contribution >= 0.6 is 15.9 Å². The molecule has 0 aliphatic heterocycles. The Hall–Kier alpha value is -1.23. The summed E-state index contributed by atoms with van der Waals surface area (Å²) in [4.78, 5) is 0. The molecule has 0 bridgehead atoms. The van der Waals surface area contributed by atoms with E-state index < -0.39 is 0 Å². The van der Waals surface area contributed by atoms with E-state index >= 15 is 0 Å². The van der Waals surface area contributed by atoms with Gasteiger partial charge in [-0.05, 0) is 61.6 Å². The van der Waals surface area contributed by atoms with Gasteiger partial charge >= 0.3 is 0 Å². The highest BCUT2D eigenvalue weighted by Gasteiger charge is 2.13. The highest BCUT2D eigenvalue weighted by Crippen LogP contribution is 2.19. The molecule has 2 rings (SSSR count). The molecule has 0 spiro atoms. The minimum atomic E-state index is -0.195. The quantitative estimate of drug-likeness (QED) is 0.635. The third-order valence-electron chi connectivity index (χ3n) is 3.68. The fourth-order valence-electron chi connectivity index (χ4n) is 2.44. The summed E-state index contributed by atoms with van der Waals surface area (Å²) in [7, 11) is 0. The van der Waals surface area contributed by atoms with Crippen molar-refractivity contribution >= 4 is 15.9 Å². The molecule has 0 heterocycles. The van der Waals surface area contributed by atoms with Crippen LogP contribution in [0.1, 0.15) is 22.3 Å². The Morgan fingerprint density at radius 3 is 2.52 bits per heavy atom. The van der Waals surface area contributed by atoms with Crippen LogP contribution in [0, 0.1) is 19.7 Å². The number of hydrazine groups is 1. The van der Waals surface area contributed by atoms with Crippen molar-refractivity contribution in [3.05, 3.63) is 68.9 Å². The van der Waals surface area contributed by atoms with E-state index in [0.29, 0.717) is 12.0 Å². The van der Waals surface area contributed by atoms with Crippen molar-refractivity contribution in [1.29, 1.82) is 0 Å². The standard InChI is InChI=1S/C17H20BrFN2/c1-11-3-4-12(2)13(7-11)9-16(21-20)10-14-8-15(18)5-6-17(14)19/h3-8,16,21H,9-10,20H2,1-2H3. The van der Waals surface area contributed by atoms with Crippen molar-refractivity contribution < 1.29 is 4.39 Å². The molecule has 0 saturated heterocycles. The molecule has 0 aliphatic carbocycles. The second-order valence-corrected chi connectivity index (χ2v) is 6.35. The van der Waals surface area contributed by atoms with Crippen LogP contribution in [-0.4, -0.2) is 6.04 Å². The number of aryl methyl sites for hydroxylation is 2. The van der Waals surface area contributed by atoms with Crippen molar-refractivity contribution in [3.8, 4) is 0 Å². The van der Waals surface area contributed by atoms with Gasteiger partial charge in [-0.25, -0.2) is 4.39 Å². The minimum absolute atomic E-state index is 0.00528. The molecular formula is C17H20BrFN2. The van der Waals surface area contributed by atoms with Crippen LogP contribution in [0.25, 0.3) is 0 Å². The van der Waals surface area contributed by atoms with Gasteiger partial charge in [-0.15, -0.1) is 0 Å². The number of rotatable bonds is 5. The summed E-state index contributed by atoms with van der Waals surface area (Å²) in [6, 6.07) is 11.4. The average molecular weight is 351 g/mol. The van der Waals surface area contributed by atoms with Gasteiger partial charge in [0.2, 0.25) is 0 Å². The van der Waals surface area contributed by atoms with Crippen LogP contribution in [0.2, 0.25) is 0 Å². The van der Waals surface area contributed by atoms with Crippen LogP contribution in [-0.2, 0) is 12.8 Å². The number of hydrogen-bond donors (Lipinski definition) is 2. The second-order valence-electron chi connectivity index (χ2n) is 5.44. The van der Waals surface area contributed by atoms with E-state index in [1.54, 1.807) is 6.07 Å². The molecule has 0 saturated carbocycles. The topological polar surface area (TPSA) is 38.0 Å². The van der Waals surface area contributed by atoms with E-state index in [0.717, 1.165) is 10.9 Å². The Morgan fingerprint density at radius 2 is 1.81 bits per heavy atom. The Labute approximate surface area is 133 Å². The van der Waals surface area contributed by atoms with E-state index in [2.05, 4.69) is 53.4 Å². The highest BCUT2D eigenvalue weighted by atomic mass is 79.9. The molecule has 0 aromatic heterocycles. The summed E-state index contributed by atoms with van der Waals surface area (Å²) >= 11 is 3.38. The van der Waals surface area contributed by atoms with Crippen molar-refractivity contribution in [2.24, 2.45) is 5.84 Å². The predicted molar refractivity (Wildman–Crippen MR) is 88.5 cm³/mol. The van der Waals surface area contributed by atoms with Gasteiger partial charge in [0.05, 0.1) is 0 Å². The van der Waals surface area contributed by atoms with Gasteiger partial charge in [-0.2, -0.15) is 0 Å². The monoisotopic (exact) mass is 350 g/mol. The zero-order chi connectivity index (χ0) is 15.4. The fourth-order valence-corrected chi connectivity index (χ4v) is 2.85. The van der Waals surface area contributed by atoms with E-state index in [-0.39, 0.29) is 11.9 Å². The molecule has 2 aromatic carbocycles. The van der Waals surface area contributed by atoms with Crippen LogP contribution in [0.3, 0.4) is 0 Å². The van der Waals surface area contributed by atoms with Crippen molar-refractivity contribution in [2.45, 2.75) is 32.7 Å². The first-order chi connectivity index (χ1) is 9.99. The maximum atomic E-state index is 13.9. The normalized spacial score (nSPS) is 12.4. The summed E-state index contributed by atoms with van der Waals surface area (Å²) in [5, 5.41) is 0. The largest absolute Gasteiger partial charge is 0.271 e. The van der Waals surface area contributed by atoms with Crippen molar-refractivity contribution in [1.82, 2.24) is 5.43 Å². The third-order valence-corrected chi connectivity index (χ3v) is 4.17. The first kappa shape index (κ1) is 16.1. The molecule has 0 fully saturated rings. The smallest absolute Gasteiger partial charge is 0.126 e. The third kappa shape index (κ3) is 4.37. The van der Waals surface area contributed by atoms with Gasteiger partial charge < -0.3 is 0 Å². The van der Waals surface area contributed by atoms with Gasteiger partial charge in [0, 0.05) is 10.5 Å². The summed E-state index contributed by atoms with van der Waals surface area (Å²) < 4.78 is 14.7. The lowest BCUT2D eigenvalue weighted by Gasteiger charge is -2.18. The van der Waals surface area contributed by atoms with E-state index in [4.69, 9.17) is 5.84 Å². The first-order valence-electron chi connectivity index (χ1n) is 6.95. The van der Waals surface area contributed by atoms with E-state index in [1.807, 2.05) is 6.07 Å². The molecule has 0 aliphatic rings. The minimum Gasteiger partial charge on any atom is -0.271 e. The molecule has 2 nitrogen and oxygen atoms in total. The summed E-state index contributed by atoms with van der Waals surface area (Å²) in [5.41, 5.74) is 7.17. The Morgan fingerprint density at radius 1 is 1.10 bits per heavy atom. The summed E-state index contributed by atoms with van der Waals surface area (Å²) in [5.74, 6) is 5.47. The highest BCUT2D eigenvalue weighted by molar-refractivity contribution is 9.10. The van der Waals surface area contributed by atoms with Crippen molar-refractivity contribution in [3.63, 3.8) is 0 Å². The summed E-state index contributed by atoms with van der Waals surface area (Å²) in [6.07, 6.45) is 1.32. The maximum Gasteiger partial charge on any atom is 0.126 e. The lowest BCUT2D eigenvalue weighted by molar-refractivity contribution is 0.505. The van der Waals surface area contributed by atoms with Crippen LogP contribution in [0.5, 0.6) is 0 Å². The SMILES string of the molecule is Cc1ccc(C)c(CC(Cc2cc(Br)ccc2F)NN)c1. The Bertz CT molecular complexity index is 575. The second kappa shape index (κ2) is 7.16.